The van der Waals surface area contributed by atoms with Crippen molar-refractivity contribution < 1.29 is 24.7 Å². The molecule has 0 radical (unpaired) electrons. The van der Waals surface area contributed by atoms with Gasteiger partial charge >= 0.3 is 5.97 Å². The van der Waals surface area contributed by atoms with Crippen LogP contribution in [0.5, 0.6) is 0 Å². The van der Waals surface area contributed by atoms with Gasteiger partial charge in [0.1, 0.15) is 22.8 Å². The lowest BCUT2D eigenvalue weighted by Gasteiger charge is -2.49. The van der Waals surface area contributed by atoms with E-state index in [0.717, 1.165) is 16.2 Å². The number of aliphatic carboxylic acids is 1. The highest BCUT2D eigenvalue weighted by Crippen LogP contribution is 2.40. The van der Waals surface area contributed by atoms with Crippen molar-refractivity contribution in [1.82, 2.24) is 15.2 Å². The monoisotopic (exact) mass is 383 g/mol. The summed E-state index contributed by atoms with van der Waals surface area (Å²) in [5.41, 5.74) is 5.74. The lowest BCUT2D eigenvalue weighted by Crippen LogP contribution is -2.71. The van der Waals surface area contributed by atoms with Crippen LogP contribution in [0.15, 0.2) is 21.8 Å². The molecule has 2 aliphatic heterocycles. The second kappa shape index (κ2) is 6.37. The summed E-state index contributed by atoms with van der Waals surface area (Å²) in [7, 11) is 0. The van der Waals surface area contributed by atoms with Crippen LogP contribution in [-0.4, -0.2) is 60.9 Å². The molecule has 1 fully saturated rings. The van der Waals surface area contributed by atoms with E-state index >= 15 is 0 Å². The number of fused-ring (bicyclic) bond motifs is 1. The molecule has 1 saturated heterocycles. The molecule has 0 saturated carbocycles. The van der Waals surface area contributed by atoms with Gasteiger partial charge < -0.3 is 21.4 Å². The molecule has 1 aromatic rings. The molecule has 12 heteroatoms. The second-order valence-corrected chi connectivity index (χ2v) is 7.31. The van der Waals surface area contributed by atoms with E-state index in [9.17, 15) is 19.5 Å². The third-order valence-electron chi connectivity index (χ3n) is 3.73. The number of β-lactam (4-membered cyclic amide) rings is 1. The first-order valence-electron chi connectivity index (χ1n) is 6.97. The molecule has 0 spiro atoms. The number of hydrogen-bond donors (Lipinski definition) is 4. The van der Waals surface area contributed by atoms with Gasteiger partial charge in [-0.1, -0.05) is 5.16 Å². The highest BCUT2D eigenvalue weighted by atomic mass is 32.2. The lowest BCUT2D eigenvalue weighted by atomic mass is 10.0. The summed E-state index contributed by atoms with van der Waals surface area (Å²) in [6.45, 7) is 1.65. The first-order valence-corrected chi connectivity index (χ1v) is 8.90. The van der Waals surface area contributed by atoms with Crippen LogP contribution in [0.1, 0.15) is 12.6 Å². The number of carboxylic acid groups (broad SMARTS) is 1. The first-order chi connectivity index (χ1) is 11.8. The quantitative estimate of drug-likeness (QED) is 0.238. The molecule has 1 aromatic heterocycles. The van der Waals surface area contributed by atoms with E-state index in [1.54, 1.807) is 6.92 Å². The Hall–Kier alpha value is -2.60. The third kappa shape index (κ3) is 2.82. The van der Waals surface area contributed by atoms with Gasteiger partial charge in [0.2, 0.25) is 0 Å². The minimum absolute atomic E-state index is 0.0532. The number of thioether (sulfide) groups is 1. The van der Waals surface area contributed by atoms with E-state index in [1.807, 2.05) is 0 Å². The standard InChI is InChI=1S/C13H13N5O5S2/c1-4-2-24-11-7(10(20)18(11)8(4)12(21)22)16-9(19)6(17-23)5-3-25-13(14)15-5/h3,7,11,23H,2H2,1H3,(H2,14,15)(H,16,19)(H,21,22)/b17-6-. The number of nitrogens with one attached hydrogen (secondary N) is 1. The van der Waals surface area contributed by atoms with E-state index < -0.39 is 29.2 Å². The third-order valence-corrected chi connectivity index (χ3v) is 5.83. The van der Waals surface area contributed by atoms with Crippen molar-refractivity contribution in [1.29, 1.82) is 0 Å². The van der Waals surface area contributed by atoms with Crippen LogP contribution < -0.4 is 11.1 Å². The summed E-state index contributed by atoms with van der Waals surface area (Å²) < 4.78 is 0. The van der Waals surface area contributed by atoms with Gasteiger partial charge in [0, 0.05) is 11.1 Å². The predicted octanol–water partition coefficient (Wildman–Crippen LogP) is -0.338. The Kier molecular flexibility index (Phi) is 4.39. The van der Waals surface area contributed by atoms with Crippen LogP contribution in [0, 0.1) is 0 Å². The molecule has 5 N–H and O–H groups in total. The highest BCUT2D eigenvalue weighted by Gasteiger charge is 2.54. The van der Waals surface area contributed by atoms with Gasteiger partial charge in [0.05, 0.1) is 0 Å². The fourth-order valence-corrected chi connectivity index (χ4v) is 4.43. The largest absolute Gasteiger partial charge is 0.477 e. The summed E-state index contributed by atoms with van der Waals surface area (Å²) >= 11 is 2.42. The maximum Gasteiger partial charge on any atom is 0.352 e. The fraction of sp³-hybridized carbons (Fsp3) is 0.308. The van der Waals surface area contributed by atoms with Gasteiger partial charge in [-0.25, -0.2) is 9.78 Å². The number of nitrogens with zero attached hydrogens (tertiary/aromatic N) is 3. The predicted molar refractivity (Wildman–Crippen MR) is 90.2 cm³/mol. The van der Waals surface area contributed by atoms with Crippen molar-refractivity contribution in [2.75, 3.05) is 11.5 Å². The van der Waals surface area contributed by atoms with Gasteiger partial charge in [0.15, 0.2) is 10.8 Å². The van der Waals surface area contributed by atoms with Gasteiger partial charge in [-0.3, -0.25) is 14.5 Å². The number of nitrogen functional groups attached to an aromatic ring is 1. The van der Waals surface area contributed by atoms with Crippen LogP contribution in [0.4, 0.5) is 5.13 Å². The van der Waals surface area contributed by atoms with Crippen molar-refractivity contribution in [2.24, 2.45) is 5.16 Å². The molecule has 25 heavy (non-hydrogen) atoms. The topological polar surface area (TPSA) is 158 Å². The Labute approximate surface area is 149 Å². The number of aromatic nitrogens is 1. The van der Waals surface area contributed by atoms with Crippen molar-refractivity contribution >= 4 is 51.7 Å². The number of carbonyl (C=O) groups excluding carboxylic acids is 2. The maximum absolute atomic E-state index is 12.3. The number of nitrogens with two attached hydrogens (primary N) is 1. The smallest absolute Gasteiger partial charge is 0.352 e. The van der Waals surface area contributed by atoms with Crippen LogP contribution >= 0.6 is 23.1 Å². The van der Waals surface area contributed by atoms with E-state index in [-0.39, 0.29) is 22.2 Å². The molecule has 2 unspecified atom stereocenters. The van der Waals surface area contributed by atoms with Crippen LogP contribution in [0.2, 0.25) is 0 Å². The molecular weight excluding hydrogens is 370 g/mol. The van der Waals surface area contributed by atoms with Crippen LogP contribution in [-0.2, 0) is 14.4 Å². The van der Waals surface area contributed by atoms with E-state index in [1.165, 1.54) is 17.1 Å². The molecule has 132 valence electrons. The molecule has 10 nitrogen and oxygen atoms in total. The van der Waals surface area contributed by atoms with Crippen molar-refractivity contribution in [2.45, 2.75) is 18.3 Å². The van der Waals surface area contributed by atoms with Gasteiger partial charge in [-0.2, -0.15) is 0 Å². The summed E-state index contributed by atoms with van der Waals surface area (Å²) in [5, 5.41) is 24.9. The van der Waals surface area contributed by atoms with Crippen molar-refractivity contribution in [3.05, 3.63) is 22.3 Å². The van der Waals surface area contributed by atoms with E-state index in [2.05, 4.69) is 15.5 Å². The van der Waals surface area contributed by atoms with E-state index in [0.29, 0.717) is 11.3 Å². The molecule has 0 aliphatic carbocycles. The zero-order valence-corrected chi connectivity index (χ0v) is 14.4. The Morgan fingerprint density at radius 2 is 2.24 bits per heavy atom. The van der Waals surface area contributed by atoms with Gasteiger partial charge in [-0.15, -0.1) is 23.1 Å². The zero-order valence-electron chi connectivity index (χ0n) is 12.8. The number of amides is 2. The summed E-state index contributed by atoms with van der Waals surface area (Å²) in [6.07, 6.45) is 0. The van der Waals surface area contributed by atoms with E-state index in [4.69, 9.17) is 10.9 Å². The Balaban J connectivity index is 1.76. The number of hydrogen-bond acceptors (Lipinski definition) is 9. The molecule has 0 bridgehead atoms. The normalized spacial score (nSPS) is 23.2. The zero-order chi connectivity index (χ0) is 18.3. The number of rotatable bonds is 4. The Bertz CT molecular complexity index is 833. The summed E-state index contributed by atoms with van der Waals surface area (Å²) in [5.74, 6) is -2.07. The first kappa shape index (κ1) is 17.2. The Morgan fingerprint density at radius 1 is 1.52 bits per heavy atom. The Morgan fingerprint density at radius 3 is 2.80 bits per heavy atom. The van der Waals surface area contributed by atoms with Gasteiger partial charge in [0.25, 0.3) is 11.8 Å². The number of carboxylic acids is 1. The second-order valence-electron chi connectivity index (χ2n) is 5.31. The number of oxime groups is 1. The lowest BCUT2D eigenvalue weighted by molar-refractivity contribution is -0.150. The molecule has 2 amide bonds. The minimum Gasteiger partial charge on any atom is -0.477 e. The summed E-state index contributed by atoms with van der Waals surface area (Å²) in [6, 6.07) is -0.910. The number of carbonyl (C=O) groups is 3. The van der Waals surface area contributed by atoms with Crippen LogP contribution in [0.25, 0.3) is 0 Å². The molecule has 2 aliphatic rings. The number of thiazole rings is 1. The summed E-state index contributed by atoms with van der Waals surface area (Å²) in [4.78, 5) is 41.0. The van der Waals surface area contributed by atoms with Crippen LogP contribution in [0.3, 0.4) is 0 Å². The molecule has 3 heterocycles. The molecule has 2 atom stereocenters. The fourth-order valence-electron chi connectivity index (χ4n) is 2.59. The molecule has 0 aromatic carbocycles. The minimum atomic E-state index is -1.18. The number of anilines is 1. The van der Waals surface area contributed by atoms with Crippen molar-refractivity contribution in [3.63, 3.8) is 0 Å². The molecule has 3 rings (SSSR count). The average Bonchev–Trinajstić information content (AvgIpc) is 2.98. The SMILES string of the molecule is CC1=C(C(=O)O)N2C(=O)C(NC(=O)/C(=N\O)c3csc(N)n3)C2SC1. The average molecular weight is 383 g/mol. The van der Waals surface area contributed by atoms with Gasteiger partial charge in [-0.05, 0) is 12.5 Å². The molecular formula is C13H13N5O5S2. The highest BCUT2D eigenvalue weighted by molar-refractivity contribution is 8.00. The van der Waals surface area contributed by atoms with Crippen molar-refractivity contribution in [3.8, 4) is 0 Å². The maximum atomic E-state index is 12.3.